The third-order valence-electron chi connectivity index (χ3n) is 4.46. The number of rotatable bonds is 5. The zero-order valence-electron chi connectivity index (χ0n) is 15.2. The van der Waals surface area contributed by atoms with Crippen LogP contribution in [0, 0.1) is 6.92 Å². The normalized spacial score (nSPS) is 15.6. The van der Waals surface area contributed by atoms with E-state index in [1.807, 2.05) is 37.3 Å². The van der Waals surface area contributed by atoms with Crippen molar-refractivity contribution in [3.8, 4) is 0 Å². The molecule has 0 heterocycles. The van der Waals surface area contributed by atoms with Gasteiger partial charge in [-0.1, -0.05) is 60.9 Å². The van der Waals surface area contributed by atoms with Crippen LogP contribution in [0.3, 0.4) is 0 Å². The monoisotopic (exact) mass is 391 g/mol. The molecule has 3 N–H and O–H groups in total. The molecule has 0 spiro atoms. The molecule has 7 heteroatoms. The lowest BCUT2D eigenvalue weighted by Crippen LogP contribution is -2.35. The highest BCUT2D eigenvalue weighted by atomic mass is 32.2. The summed E-state index contributed by atoms with van der Waals surface area (Å²) in [7, 11) is -4.02. The summed E-state index contributed by atoms with van der Waals surface area (Å²) >= 11 is 0. The van der Waals surface area contributed by atoms with Crippen molar-refractivity contribution in [3.63, 3.8) is 0 Å². The molecule has 27 heavy (non-hydrogen) atoms. The van der Waals surface area contributed by atoms with Crippen LogP contribution < -0.4 is 5.32 Å². The molecule has 3 rings (SSSR count). The molecule has 0 bridgehead atoms. The maximum Gasteiger partial charge on any atom is 0.325 e. The second-order valence-corrected chi connectivity index (χ2v) is 8.04. The predicted molar refractivity (Wildman–Crippen MR) is 103 cm³/mol. The Kier molecular flexibility index (Phi) is 7.53. The first-order chi connectivity index (χ1) is 12.8. The summed E-state index contributed by atoms with van der Waals surface area (Å²) in [6, 6.07) is 15.2. The summed E-state index contributed by atoms with van der Waals surface area (Å²) in [5.41, 5.74) is 1.79. The van der Waals surface area contributed by atoms with E-state index >= 15 is 0 Å². The molecule has 0 radical (unpaired) electrons. The van der Waals surface area contributed by atoms with Gasteiger partial charge in [-0.15, -0.1) is 0 Å². The van der Waals surface area contributed by atoms with Gasteiger partial charge in [0.2, 0.25) is 0 Å². The van der Waals surface area contributed by atoms with Crippen molar-refractivity contribution >= 4 is 16.1 Å². The van der Waals surface area contributed by atoms with Crippen molar-refractivity contribution in [1.82, 2.24) is 5.32 Å². The van der Waals surface area contributed by atoms with Crippen molar-refractivity contribution in [2.75, 3.05) is 0 Å². The van der Waals surface area contributed by atoms with E-state index in [1.165, 1.54) is 25.0 Å². The van der Waals surface area contributed by atoms with Crippen LogP contribution in [0.25, 0.3) is 0 Å². The second kappa shape index (κ2) is 9.64. The average Bonchev–Trinajstić information content (AvgIpc) is 3.13. The standard InChI is InChI=1S/C13H17NO2.C7H8O3S/c15-13(16)12(10-6-2-1-3-7-10)14-11-8-4-5-9-11;1-6-2-4-7(5-3-6)11(8,9)10/h1-3,6-7,11-12,14H,4-5,8-9H2,(H,15,16);2-5H,1H3,(H,8,9,10)/t12-;/m0./s1. The van der Waals surface area contributed by atoms with E-state index in [0.717, 1.165) is 24.0 Å². The number of aliphatic carboxylic acids is 1. The van der Waals surface area contributed by atoms with E-state index in [-0.39, 0.29) is 4.90 Å². The highest BCUT2D eigenvalue weighted by Crippen LogP contribution is 2.22. The Morgan fingerprint density at radius 2 is 1.59 bits per heavy atom. The zero-order chi connectivity index (χ0) is 19.9. The van der Waals surface area contributed by atoms with E-state index in [2.05, 4.69) is 5.32 Å². The quantitative estimate of drug-likeness (QED) is 0.673. The lowest BCUT2D eigenvalue weighted by atomic mass is 10.1. The van der Waals surface area contributed by atoms with E-state index in [4.69, 9.17) is 4.55 Å². The molecule has 2 aromatic carbocycles. The molecule has 1 aliphatic carbocycles. The predicted octanol–water partition coefficient (Wildman–Crippen LogP) is 3.59. The summed E-state index contributed by atoms with van der Waals surface area (Å²) in [4.78, 5) is 11.2. The fourth-order valence-corrected chi connectivity index (χ4v) is 3.47. The molecule has 1 fully saturated rings. The van der Waals surface area contributed by atoms with E-state index in [9.17, 15) is 18.3 Å². The molecule has 0 aromatic heterocycles. The minimum Gasteiger partial charge on any atom is -0.480 e. The van der Waals surface area contributed by atoms with Crippen LogP contribution in [-0.4, -0.2) is 30.1 Å². The van der Waals surface area contributed by atoms with Crippen molar-refractivity contribution < 1.29 is 22.9 Å². The smallest absolute Gasteiger partial charge is 0.325 e. The molecule has 0 saturated heterocycles. The Hall–Kier alpha value is -2.22. The van der Waals surface area contributed by atoms with Crippen LogP contribution in [0.15, 0.2) is 59.5 Å². The molecule has 1 aliphatic rings. The molecule has 1 saturated carbocycles. The van der Waals surface area contributed by atoms with E-state index in [0.29, 0.717) is 6.04 Å². The van der Waals surface area contributed by atoms with Gasteiger partial charge in [0.1, 0.15) is 6.04 Å². The second-order valence-electron chi connectivity index (χ2n) is 6.62. The van der Waals surface area contributed by atoms with E-state index in [1.54, 1.807) is 12.1 Å². The lowest BCUT2D eigenvalue weighted by Gasteiger charge is -2.19. The third-order valence-corrected chi connectivity index (χ3v) is 5.32. The Bertz CT molecular complexity index is 828. The number of nitrogens with one attached hydrogen (secondary N) is 1. The van der Waals surface area contributed by atoms with Crippen molar-refractivity contribution in [1.29, 1.82) is 0 Å². The number of carboxylic acid groups (broad SMARTS) is 1. The molecule has 0 aliphatic heterocycles. The highest BCUT2D eigenvalue weighted by molar-refractivity contribution is 7.85. The van der Waals surface area contributed by atoms with Gasteiger partial charge < -0.3 is 5.11 Å². The number of benzene rings is 2. The molecule has 2 aromatic rings. The van der Waals surface area contributed by atoms with Gasteiger partial charge in [0.05, 0.1) is 4.90 Å². The van der Waals surface area contributed by atoms with Gasteiger partial charge in [-0.05, 0) is 37.5 Å². The molecule has 1 atom stereocenters. The number of hydrogen-bond acceptors (Lipinski definition) is 4. The maximum absolute atomic E-state index is 11.2. The van der Waals surface area contributed by atoms with Gasteiger partial charge in [0.15, 0.2) is 0 Å². The maximum atomic E-state index is 11.2. The Morgan fingerprint density at radius 1 is 1.04 bits per heavy atom. The van der Waals surface area contributed by atoms with Gasteiger partial charge >= 0.3 is 5.97 Å². The average molecular weight is 391 g/mol. The van der Waals surface area contributed by atoms with Crippen LogP contribution in [0.4, 0.5) is 0 Å². The van der Waals surface area contributed by atoms with Crippen molar-refractivity contribution in [2.24, 2.45) is 0 Å². The summed E-state index contributed by atoms with van der Waals surface area (Å²) in [6.45, 7) is 1.84. The lowest BCUT2D eigenvalue weighted by molar-refractivity contribution is -0.139. The largest absolute Gasteiger partial charge is 0.480 e. The summed E-state index contributed by atoms with van der Waals surface area (Å²) < 4.78 is 29.6. The zero-order valence-corrected chi connectivity index (χ0v) is 16.0. The summed E-state index contributed by atoms with van der Waals surface area (Å²) in [6.07, 6.45) is 4.60. The first-order valence-electron chi connectivity index (χ1n) is 8.85. The third kappa shape index (κ3) is 6.78. The van der Waals surface area contributed by atoms with Gasteiger partial charge in [-0.3, -0.25) is 14.7 Å². The number of hydrogen-bond donors (Lipinski definition) is 3. The molecular weight excluding hydrogens is 366 g/mol. The van der Waals surface area contributed by atoms with E-state index < -0.39 is 22.1 Å². The summed E-state index contributed by atoms with van der Waals surface area (Å²) in [5, 5.41) is 12.5. The molecule has 0 amide bonds. The van der Waals surface area contributed by atoms with Crippen LogP contribution in [0.2, 0.25) is 0 Å². The Morgan fingerprint density at radius 3 is 2.07 bits per heavy atom. The number of aryl methyl sites for hydroxylation is 1. The fraction of sp³-hybridized carbons (Fsp3) is 0.350. The number of carboxylic acids is 1. The highest BCUT2D eigenvalue weighted by Gasteiger charge is 2.24. The minimum absolute atomic E-state index is 0.0666. The van der Waals surface area contributed by atoms with Gasteiger partial charge in [-0.25, -0.2) is 0 Å². The fourth-order valence-electron chi connectivity index (χ4n) is 2.99. The van der Waals surface area contributed by atoms with Gasteiger partial charge in [0, 0.05) is 6.04 Å². The number of carbonyl (C=O) groups is 1. The molecule has 146 valence electrons. The minimum atomic E-state index is -4.02. The van der Waals surface area contributed by atoms with Crippen molar-refractivity contribution in [3.05, 3.63) is 65.7 Å². The molecular formula is C20H25NO5S. The van der Waals surface area contributed by atoms with Crippen LogP contribution in [0.1, 0.15) is 42.9 Å². The van der Waals surface area contributed by atoms with Crippen LogP contribution in [0.5, 0.6) is 0 Å². The van der Waals surface area contributed by atoms with Crippen LogP contribution in [-0.2, 0) is 14.9 Å². The molecule has 6 nitrogen and oxygen atoms in total. The summed E-state index contributed by atoms with van der Waals surface area (Å²) in [5.74, 6) is -0.793. The SMILES string of the molecule is Cc1ccc(S(=O)(=O)O)cc1.O=C(O)[C@@H](NC1CCCC1)c1ccccc1. The van der Waals surface area contributed by atoms with Gasteiger partial charge in [0.25, 0.3) is 10.1 Å². The Labute approximate surface area is 160 Å². The van der Waals surface area contributed by atoms with Crippen molar-refractivity contribution in [2.45, 2.75) is 49.6 Å². The topological polar surface area (TPSA) is 104 Å². The Balaban J connectivity index is 0.000000208. The first-order valence-corrected chi connectivity index (χ1v) is 10.3. The molecule has 0 unspecified atom stereocenters. The van der Waals surface area contributed by atoms with Gasteiger partial charge in [-0.2, -0.15) is 8.42 Å². The first kappa shape index (κ1) is 21.1. The van der Waals surface area contributed by atoms with Crippen LogP contribution >= 0.6 is 0 Å².